The van der Waals surface area contributed by atoms with Gasteiger partial charge in [0.25, 0.3) is 6.43 Å². The summed E-state index contributed by atoms with van der Waals surface area (Å²) in [5.74, 6) is -0.0988. The molecule has 3 nitrogen and oxygen atoms in total. The Hall–Kier alpha value is -0.760. The first-order valence-corrected chi connectivity index (χ1v) is 6.35. The predicted molar refractivity (Wildman–Crippen MR) is 80.8 cm³/mol. The summed E-state index contributed by atoms with van der Waals surface area (Å²) in [6.45, 7) is -0.703. The third-order valence-corrected chi connectivity index (χ3v) is 3.21. The molecule has 0 radical (unpaired) electrons. The molecule has 1 aliphatic heterocycles. The van der Waals surface area contributed by atoms with Crippen molar-refractivity contribution < 1.29 is 22.3 Å². The second-order valence-electron chi connectivity index (χ2n) is 4.52. The van der Waals surface area contributed by atoms with Crippen LogP contribution < -0.4 is 10.1 Å². The minimum absolute atomic E-state index is 0. The van der Waals surface area contributed by atoms with Crippen LogP contribution in [0.2, 0.25) is 0 Å². The van der Waals surface area contributed by atoms with Gasteiger partial charge >= 0.3 is 6.61 Å². The van der Waals surface area contributed by atoms with E-state index in [9.17, 15) is 17.6 Å². The van der Waals surface area contributed by atoms with E-state index in [-0.39, 0.29) is 30.6 Å². The zero-order valence-electron chi connectivity index (χ0n) is 11.6. The molecular weight excluding hydrogens is 347 g/mol. The van der Waals surface area contributed by atoms with Crippen molar-refractivity contribution >= 4 is 24.8 Å². The highest BCUT2D eigenvalue weighted by Gasteiger charge is 2.30. The van der Waals surface area contributed by atoms with Gasteiger partial charge in [0.05, 0.1) is 6.04 Å². The van der Waals surface area contributed by atoms with E-state index in [2.05, 4.69) is 10.1 Å². The lowest BCUT2D eigenvalue weighted by atomic mass is 10.0. The van der Waals surface area contributed by atoms with Crippen LogP contribution in [-0.4, -0.2) is 44.1 Å². The maximum atomic E-state index is 13.3. The van der Waals surface area contributed by atoms with Gasteiger partial charge in [-0.25, -0.2) is 8.78 Å². The highest BCUT2D eigenvalue weighted by Crippen LogP contribution is 2.30. The van der Waals surface area contributed by atoms with Gasteiger partial charge in [0, 0.05) is 26.2 Å². The number of hydrogen-bond donors (Lipinski definition) is 1. The first kappa shape index (κ1) is 21.2. The van der Waals surface area contributed by atoms with Crippen molar-refractivity contribution in [3.8, 4) is 5.75 Å². The summed E-state index contributed by atoms with van der Waals surface area (Å²) >= 11 is 0. The number of benzene rings is 1. The molecule has 1 heterocycles. The van der Waals surface area contributed by atoms with Crippen LogP contribution in [0.3, 0.4) is 0 Å². The van der Waals surface area contributed by atoms with Crippen molar-refractivity contribution in [1.29, 1.82) is 0 Å². The quantitative estimate of drug-likeness (QED) is 0.811. The fraction of sp³-hybridized carbons (Fsp3) is 0.538. The van der Waals surface area contributed by atoms with Gasteiger partial charge in [0.15, 0.2) is 0 Å². The van der Waals surface area contributed by atoms with Gasteiger partial charge in [0.2, 0.25) is 0 Å². The van der Waals surface area contributed by atoms with E-state index in [1.165, 1.54) is 24.3 Å². The van der Waals surface area contributed by atoms with Crippen LogP contribution in [0.1, 0.15) is 11.6 Å². The van der Waals surface area contributed by atoms with E-state index in [1.807, 2.05) is 0 Å². The van der Waals surface area contributed by atoms with E-state index in [4.69, 9.17) is 0 Å². The molecule has 0 aliphatic carbocycles. The first-order valence-electron chi connectivity index (χ1n) is 6.35. The van der Waals surface area contributed by atoms with Gasteiger partial charge in [-0.1, -0.05) is 12.1 Å². The summed E-state index contributed by atoms with van der Waals surface area (Å²) in [4.78, 5) is 1.66. The molecule has 1 aliphatic rings. The first-order chi connectivity index (χ1) is 9.58. The summed E-state index contributed by atoms with van der Waals surface area (Å²) in [7, 11) is 0. The molecule has 1 N–H and O–H groups in total. The van der Waals surface area contributed by atoms with Gasteiger partial charge in [-0.3, -0.25) is 4.90 Å². The van der Waals surface area contributed by atoms with Crippen molar-refractivity contribution in [2.75, 3.05) is 26.2 Å². The average molecular weight is 365 g/mol. The van der Waals surface area contributed by atoms with Crippen LogP contribution in [0.5, 0.6) is 5.75 Å². The van der Waals surface area contributed by atoms with Crippen molar-refractivity contribution in [2.45, 2.75) is 19.1 Å². The Morgan fingerprint density at radius 2 is 1.68 bits per heavy atom. The van der Waals surface area contributed by atoms with Gasteiger partial charge < -0.3 is 10.1 Å². The fourth-order valence-electron chi connectivity index (χ4n) is 2.35. The molecule has 1 fully saturated rings. The molecule has 22 heavy (non-hydrogen) atoms. The third kappa shape index (κ3) is 5.79. The Morgan fingerprint density at radius 1 is 1.05 bits per heavy atom. The summed E-state index contributed by atoms with van der Waals surface area (Å²) in [5, 5.41) is 3.09. The van der Waals surface area contributed by atoms with Crippen molar-refractivity contribution in [1.82, 2.24) is 10.2 Å². The molecular formula is C13H18Cl2F4N2O. The fourth-order valence-corrected chi connectivity index (χ4v) is 2.35. The summed E-state index contributed by atoms with van der Waals surface area (Å²) < 4.78 is 55.2. The lowest BCUT2D eigenvalue weighted by Crippen LogP contribution is -2.46. The number of nitrogens with zero attached hydrogens (tertiary/aromatic N) is 1. The van der Waals surface area contributed by atoms with Crippen LogP contribution in [0.25, 0.3) is 0 Å². The molecule has 2 rings (SSSR count). The summed E-state index contributed by atoms with van der Waals surface area (Å²) in [6.07, 6.45) is -2.59. The highest BCUT2D eigenvalue weighted by molar-refractivity contribution is 5.85. The lowest BCUT2D eigenvalue weighted by molar-refractivity contribution is -0.0500. The van der Waals surface area contributed by atoms with Crippen molar-refractivity contribution in [3.63, 3.8) is 0 Å². The zero-order valence-corrected chi connectivity index (χ0v) is 13.2. The standard InChI is InChI=1S/C13H16F4N2O.2ClH/c14-12(15)11(19-6-4-18-5-7-19)9-2-1-3-10(8-9)20-13(16)17;;/h1-3,8,11-13,18H,4-7H2;2*1H/t11-;;/m1../s1. The number of nitrogens with one attached hydrogen (secondary N) is 1. The SMILES string of the molecule is Cl.Cl.FC(F)Oc1cccc([C@H](C(F)F)N2CCNCC2)c1. The van der Waals surface area contributed by atoms with E-state index in [0.29, 0.717) is 31.7 Å². The minimum Gasteiger partial charge on any atom is -0.435 e. The average Bonchev–Trinajstić information content (AvgIpc) is 2.39. The zero-order chi connectivity index (χ0) is 14.5. The molecule has 1 aromatic rings. The second kappa shape index (κ2) is 10.1. The van der Waals surface area contributed by atoms with Crippen LogP contribution in [-0.2, 0) is 0 Å². The molecule has 1 atom stereocenters. The van der Waals surface area contributed by atoms with E-state index in [0.717, 1.165) is 0 Å². The number of rotatable bonds is 5. The van der Waals surface area contributed by atoms with Crippen LogP contribution in [0.4, 0.5) is 17.6 Å². The summed E-state index contributed by atoms with van der Waals surface area (Å²) in [6, 6.07) is 4.45. The maximum absolute atomic E-state index is 13.3. The lowest BCUT2D eigenvalue weighted by Gasteiger charge is -2.34. The molecule has 0 unspecified atom stereocenters. The van der Waals surface area contributed by atoms with Gasteiger partial charge in [-0.2, -0.15) is 8.78 Å². The Morgan fingerprint density at radius 3 is 2.23 bits per heavy atom. The normalized spacial score (nSPS) is 16.8. The monoisotopic (exact) mass is 364 g/mol. The van der Waals surface area contributed by atoms with Gasteiger partial charge in [-0.15, -0.1) is 24.8 Å². The number of alkyl halides is 4. The topological polar surface area (TPSA) is 24.5 Å². The molecule has 9 heteroatoms. The number of piperazine rings is 1. The Balaban J connectivity index is 0.00000220. The largest absolute Gasteiger partial charge is 0.435 e. The Labute approximate surface area is 138 Å². The predicted octanol–water partition coefficient (Wildman–Crippen LogP) is 3.34. The van der Waals surface area contributed by atoms with Crippen LogP contribution >= 0.6 is 24.8 Å². The third-order valence-electron chi connectivity index (χ3n) is 3.21. The molecule has 0 amide bonds. The molecule has 128 valence electrons. The minimum atomic E-state index is -2.96. The Kier molecular flexibility index (Phi) is 9.75. The molecule has 1 saturated heterocycles. The van der Waals surface area contributed by atoms with E-state index < -0.39 is 19.1 Å². The van der Waals surface area contributed by atoms with E-state index in [1.54, 1.807) is 4.90 Å². The second-order valence-corrected chi connectivity index (χ2v) is 4.52. The van der Waals surface area contributed by atoms with Gasteiger partial charge in [0.1, 0.15) is 5.75 Å². The summed E-state index contributed by atoms with van der Waals surface area (Å²) in [5.41, 5.74) is 0.292. The number of halogens is 6. The van der Waals surface area contributed by atoms with E-state index >= 15 is 0 Å². The molecule has 0 saturated carbocycles. The Bertz CT molecular complexity index is 434. The van der Waals surface area contributed by atoms with Crippen molar-refractivity contribution in [3.05, 3.63) is 29.8 Å². The molecule has 0 spiro atoms. The number of ether oxygens (including phenoxy) is 1. The number of hydrogen-bond acceptors (Lipinski definition) is 3. The van der Waals surface area contributed by atoms with Gasteiger partial charge in [-0.05, 0) is 17.7 Å². The van der Waals surface area contributed by atoms with Crippen LogP contribution in [0, 0.1) is 0 Å². The molecule has 0 bridgehead atoms. The maximum Gasteiger partial charge on any atom is 0.387 e. The smallest absolute Gasteiger partial charge is 0.387 e. The highest BCUT2D eigenvalue weighted by atomic mass is 35.5. The molecule has 1 aromatic carbocycles. The van der Waals surface area contributed by atoms with Crippen molar-refractivity contribution in [2.24, 2.45) is 0 Å². The molecule has 0 aromatic heterocycles. The van der Waals surface area contributed by atoms with Crippen LogP contribution in [0.15, 0.2) is 24.3 Å².